The molecule has 0 bridgehead atoms. The molecule has 0 radical (unpaired) electrons. The minimum absolute atomic E-state index is 0.340. The highest BCUT2D eigenvalue weighted by molar-refractivity contribution is 7.07. The number of thiophene rings is 1. The molecule has 2 aliphatic rings. The number of likely N-dealkylation sites (tertiary alicyclic amines) is 1. The second-order valence-corrected chi connectivity index (χ2v) is 6.20. The van der Waals surface area contributed by atoms with E-state index >= 15 is 0 Å². The van der Waals surface area contributed by atoms with Gasteiger partial charge in [0, 0.05) is 19.0 Å². The van der Waals surface area contributed by atoms with Crippen LogP contribution in [0.25, 0.3) is 0 Å². The molecule has 2 fully saturated rings. The Hall–Kier alpha value is -0.420. The van der Waals surface area contributed by atoms with Gasteiger partial charge in [-0.05, 0) is 48.7 Å². The molecular formula is C14H21NO2S. The van der Waals surface area contributed by atoms with Gasteiger partial charge in [-0.15, -0.1) is 0 Å². The maximum atomic E-state index is 5.82. The molecular weight excluding hydrogens is 246 g/mol. The van der Waals surface area contributed by atoms with E-state index in [4.69, 9.17) is 9.47 Å². The van der Waals surface area contributed by atoms with Crippen molar-refractivity contribution >= 4 is 11.3 Å². The van der Waals surface area contributed by atoms with Gasteiger partial charge < -0.3 is 9.47 Å². The lowest BCUT2D eigenvalue weighted by molar-refractivity contribution is -0.192. The zero-order chi connectivity index (χ0) is 12.4. The van der Waals surface area contributed by atoms with Crippen LogP contribution in [0.2, 0.25) is 0 Å². The average molecular weight is 267 g/mol. The third-order valence-corrected chi connectivity index (χ3v) is 4.83. The van der Waals surface area contributed by atoms with E-state index in [9.17, 15) is 0 Å². The first kappa shape index (κ1) is 12.6. The Balaban J connectivity index is 1.61. The second-order valence-electron chi connectivity index (χ2n) is 5.42. The normalized spacial score (nSPS) is 28.6. The Morgan fingerprint density at radius 3 is 3.00 bits per heavy atom. The minimum Gasteiger partial charge on any atom is -0.347 e. The fraction of sp³-hybridized carbons (Fsp3) is 0.714. The van der Waals surface area contributed by atoms with E-state index in [1.54, 1.807) is 11.3 Å². The van der Waals surface area contributed by atoms with Crippen molar-refractivity contribution in [2.24, 2.45) is 5.92 Å². The molecule has 0 aliphatic carbocycles. The van der Waals surface area contributed by atoms with Gasteiger partial charge in [0.1, 0.15) is 0 Å². The van der Waals surface area contributed by atoms with Gasteiger partial charge in [0.2, 0.25) is 0 Å². The lowest BCUT2D eigenvalue weighted by Crippen LogP contribution is -2.46. The van der Waals surface area contributed by atoms with Gasteiger partial charge in [-0.1, -0.05) is 0 Å². The van der Waals surface area contributed by atoms with Gasteiger partial charge in [0.15, 0.2) is 5.79 Å². The van der Waals surface area contributed by atoms with Crippen molar-refractivity contribution in [3.05, 3.63) is 22.4 Å². The van der Waals surface area contributed by atoms with Crippen LogP contribution in [0.15, 0.2) is 16.8 Å². The van der Waals surface area contributed by atoms with Gasteiger partial charge in [0.05, 0.1) is 13.2 Å². The number of nitrogens with zero attached hydrogens (tertiary/aromatic N) is 1. The summed E-state index contributed by atoms with van der Waals surface area (Å²) in [4.78, 5) is 2.53. The van der Waals surface area contributed by atoms with Crippen LogP contribution in [-0.2, 0) is 16.0 Å². The van der Waals surface area contributed by atoms with Crippen LogP contribution in [-0.4, -0.2) is 37.0 Å². The molecule has 0 aromatic carbocycles. The third kappa shape index (κ3) is 2.62. The Morgan fingerprint density at radius 1 is 1.44 bits per heavy atom. The molecule has 0 spiro atoms. The molecule has 0 saturated carbocycles. The van der Waals surface area contributed by atoms with Crippen LogP contribution in [0.5, 0.6) is 0 Å². The van der Waals surface area contributed by atoms with Crippen molar-refractivity contribution in [1.82, 2.24) is 4.90 Å². The summed E-state index contributed by atoms with van der Waals surface area (Å²) in [5.41, 5.74) is 1.43. The molecule has 3 heterocycles. The highest BCUT2D eigenvalue weighted by Crippen LogP contribution is 2.34. The van der Waals surface area contributed by atoms with Gasteiger partial charge in [-0.3, -0.25) is 4.90 Å². The summed E-state index contributed by atoms with van der Waals surface area (Å²) >= 11 is 1.78. The molecule has 3 nitrogen and oxygen atoms in total. The molecule has 0 N–H and O–H groups in total. The fourth-order valence-electron chi connectivity index (χ4n) is 3.03. The highest BCUT2D eigenvalue weighted by Gasteiger charge is 2.41. The van der Waals surface area contributed by atoms with E-state index in [1.165, 1.54) is 24.9 Å². The summed E-state index contributed by atoms with van der Waals surface area (Å²) in [7, 11) is 0. The lowest BCUT2D eigenvalue weighted by Gasteiger charge is -2.39. The number of rotatable bonds is 3. The quantitative estimate of drug-likeness (QED) is 0.840. The van der Waals surface area contributed by atoms with Crippen LogP contribution in [0.3, 0.4) is 0 Å². The average Bonchev–Trinajstić information content (AvgIpc) is 3.02. The van der Waals surface area contributed by atoms with Crippen molar-refractivity contribution in [2.75, 3.05) is 26.3 Å². The molecule has 1 aromatic rings. The SMILES string of the molecule is CC1([C@H]2CCCN(Cc3ccsc3)C2)OCCO1. The monoisotopic (exact) mass is 267 g/mol. The molecule has 18 heavy (non-hydrogen) atoms. The minimum atomic E-state index is -0.340. The summed E-state index contributed by atoms with van der Waals surface area (Å²) < 4.78 is 11.6. The first-order chi connectivity index (χ1) is 8.76. The summed E-state index contributed by atoms with van der Waals surface area (Å²) in [5, 5.41) is 4.40. The molecule has 2 aliphatic heterocycles. The fourth-order valence-corrected chi connectivity index (χ4v) is 3.69. The zero-order valence-corrected chi connectivity index (χ0v) is 11.7. The molecule has 0 amide bonds. The number of hydrogen-bond donors (Lipinski definition) is 0. The molecule has 1 aromatic heterocycles. The zero-order valence-electron chi connectivity index (χ0n) is 10.9. The van der Waals surface area contributed by atoms with E-state index in [0.29, 0.717) is 5.92 Å². The largest absolute Gasteiger partial charge is 0.347 e. The summed E-state index contributed by atoms with van der Waals surface area (Å²) in [6.07, 6.45) is 2.47. The second kappa shape index (κ2) is 5.29. The first-order valence-electron chi connectivity index (χ1n) is 6.78. The van der Waals surface area contributed by atoms with Crippen LogP contribution in [0, 0.1) is 5.92 Å². The van der Waals surface area contributed by atoms with Crippen molar-refractivity contribution < 1.29 is 9.47 Å². The Bertz CT molecular complexity index is 373. The number of piperidine rings is 1. The van der Waals surface area contributed by atoms with Gasteiger partial charge in [-0.25, -0.2) is 0 Å². The van der Waals surface area contributed by atoms with Gasteiger partial charge in [-0.2, -0.15) is 11.3 Å². The Morgan fingerprint density at radius 2 is 2.28 bits per heavy atom. The predicted octanol–water partition coefficient (Wildman–Crippen LogP) is 2.72. The number of ether oxygens (including phenoxy) is 2. The van der Waals surface area contributed by atoms with E-state index in [0.717, 1.165) is 26.3 Å². The predicted molar refractivity (Wildman–Crippen MR) is 72.6 cm³/mol. The van der Waals surface area contributed by atoms with E-state index in [1.807, 2.05) is 0 Å². The maximum absolute atomic E-state index is 5.82. The van der Waals surface area contributed by atoms with Crippen molar-refractivity contribution in [3.8, 4) is 0 Å². The van der Waals surface area contributed by atoms with Crippen LogP contribution in [0.4, 0.5) is 0 Å². The van der Waals surface area contributed by atoms with E-state index < -0.39 is 0 Å². The van der Waals surface area contributed by atoms with E-state index in [-0.39, 0.29) is 5.79 Å². The molecule has 1 atom stereocenters. The molecule has 4 heteroatoms. The van der Waals surface area contributed by atoms with Crippen molar-refractivity contribution in [2.45, 2.75) is 32.1 Å². The van der Waals surface area contributed by atoms with Crippen LogP contribution < -0.4 is 0 Å². The molecule has 0 unspecified atom stereocenters. The maximum Gasteiger partial charge on any atom is 0.169 e. The number of hydrogen-bond acceptors (Lipinski definition) is 4. The molecule has 2 saturated heterocycles. The molecule has 100 valence electrons. The van der Waals surface area contributed by atoms with Gasteiger partial charge in [0.25, 0.3) is 0 Å². The standard InChI is InChI=1S/C14H21NO2S/c1-14(16-6-7-17-14)13-3-2-5-15(10-13)9-12-4-8-18-11-12/h4,8,11,13H,2-3,5-7,9-10H2,1H3/t13-/m0/s1. The van der Waals surface area contributed by atoms with Crippen LogP contribution >= 0.6 is 11.3 Å². The smallest absolute Gasteiger partial charge is 0.169 e. The van der Waals surface area contributed by atoms with E-state index in [2.05, 4.69) is 28.7 Å². The Kier molecular flexibility index (Phi) is 3.71. The summed E-state index contributed by atoms with van der Waals surface area (Å²) in [6.45, 7) is 6.96. The Labute approximate surface area is 113 Å². The lowest BCUT2D eigenvalue weighted by atomic mass is 9.90. The summed E-state index contributed by atoms with van der Waals surface area (Å²) in [5.74, 6) is 0.167. The van der Waals surface area contributed by atoms with Crippen molar-refractivity contribution in [1.29, 1.82) is 0 Å². The van der Waals surface area contributed by atoms with Gasteiger partial charge >= 0.3 is 0 Å². The molecule has 3 rings (SSSR count). The topological polar surface area (TPSA) is 21.7 Å². The van der Waals surface area contributed by atoms with Crippen LogP contribution in [0.1, 0.15) is 25.3 Å². The van der Waals surface area contributed by atoms with Crippen molar-refractivity contribution in [3.63, 3.8) is 0 Å². The third-order valence-electron chi connectivity index (χ3n) is 4.09. The summed E-state index contributed by atoms with van der Waals surface area (Å²) in [6, 6.07) is 2.22. The first-order valence-corrected chi connectivity index (χ1v) is 7.72. The highest BCUT2D eigenvalue weighted by atomic mass is 32.1.